The fraction of sp³-hybridized carbons (Fsp3) is 0.846. The Morgan fingerprint density at radius 1 is 1.12 bits per heavy atom. The predicted molar refractivity (Wildman–Crippen MR) is 73.6 cm³/mol. The number of rotatable bonds is 5. The average Bonchev–Trinajstić information content (AvgIpc) is 2.72. The monoisotopic (exact) mass is 225 g/mol. The minimum absolute atomic E-state index is 0.778. The molecule has 0 saturated carbocycles. The van der Waals surface area contributed by atoms with E-state index >= 15 is 0 Å². The summed E-state index contributed by atoms with van der Waals surface area (Å²) in [4.78, 5) is 9.93. The first-order valence-electron chi connectivity index (χ1n) is 6.28. The maximum absolute atomic E-state index is 3.74. The lowest BCUT2D eigenvalue weighted by atomic mass is 10.1. The maximum Gasteiger partial charge on any atom is 0.109 e. The summed E-state index contributed by atoms with van der Waals surface area (Å²) >= 11 is 0. The SMILES string of the molecule is C1=NC=NC1.CCN(CC(C)C)CC(C)C. The van der Waals surface area contributed by atoms with Crippen molar-refractivity contribution in [1.82, 2.24) is 4.90 Å². The van der Waals surface area contributed by atoms with Gasteiger partial charge in [-0.3, -0.25) is 4.99 Å². The van der Waals surface area contributed by atoms with E-state index in [4.69, 9.17) is 0 Å². The molecular weight excluding hydrogens is 198 g/mol. The lowest BCUT2D eigenvalue weighted by molar-refractivity contribution is 0.230. The van der Waals surface area contributed by atoms with E-state index in [0.717, 1.165) is 18.4 Å². The second-order valence-electron chi connectivity index (χ2n) is 4.95. The van der Waals surface area contributed by atoms with Crippen molar-refractivity contribution in [2.45, 2.75) is 34.6 Å². The smallest absolute Gasteiger partial charge is 0.109 e. The fourth-order valence-electron chi connectivity index (χ4n) is 1.60. The third kappa shape index (κ3) is 9.84. The highest BCUT2D eigenvalue weighted by molar-refractivity contribution is 5.79. The topological polar surface area (TPSA) is 28.0 Å². The van der Waals surface area contributed by atoms with E-state index in [2.05, 4.69) is 49.5 Å². The third-order valence-corrected chi connectivity index (χ3v) is 2.13. The van der Waals surface area contributed by atoms with Crippen molar-refractivity contribution in [1.29, 1.82) is 0 Å². The minimum Gasteiger partial charge on any atom is -0.303 e. The standard InChI is InChI=1S/C10H23N.C3H4N2/c1-6-11(7-9(2)3)8-10(4)5;1-2-5-3-4-1/h9-10H,6-8H2,1-5H3;1,3H,2H2. The van der Waals surface area contributed by atoms with Gasteiger partial charge < -0.3 is 4.90 Å². The molecule has 0 aromatic heterocycles. The molecule has 1 heterocycles. The maximum atomic E-state index is 3.74. The molecule has 0 fully saturated rings. The Morgan fingerprint density at radius 2 is 1.69 bits per heavy atom. The Hall–Kier alpha value is -0.700. The van der Waals surface area contributed by atoms with Crippen LogP contribution in [-0.4, -0.2) is 43.6 Å². The summed E-state index contributed by atoms with van der Waals surface area (Å²) in [6, 6.07) is 0. The predicted octanol–water partition coefficient (Wildman–Crippen LogP) is 2.72. The van der Waals surface area contributed by atoms with E-state index in [1.54, 1.807) is 12.6 Å². The summed E-state index contributed by atoms with van der Waals surface area (Å²) in [7, 11) is 0. The van der Waals surface area contributed by atoms with E-state index in [1.165, 1.54) is 19.6 Å². The van der Waals surface area contributed by atoms with Crippen LogP contribution in [0.4, 0.5) is 0 Å². The Balaban J connectivity index is 0.000000368. The summed E-state index contributed by atoms with van der Waals surface area (Å²) in [5, 5.41) is 0. The van der Waals surface area contributed by atoms with Gasteiger partial charge in [-0.05, 0) is 18.4 Å². The van der Waals surface area contributed by atoms with Gasteiger partial charge in [-0.2, -0.15) is 0 Å². The van der Waals surface area contributed by atoms with E-state index in [0.29, 0.717) is 0 Å². The van der Waals surface area contributed by atoms with Crippen LogP contribution >= 0.6 is 0 Å². The molecule has 3 nitrogen and oxygen atoms in total. The second-order valence-corrected chi connectivity index (χ2v) is 4.95. The van der Waals surface area contributed by atoms with E-state index in [-0.39, 0.29) is 0 Å². The van der Waals surface area contributed by atoms with Crippen molar-refractivity contribution in [2.75, 3.05) is 26.2 Å². The van der Waals surface area contributed by atoms with Crippen LogP contribution in [0.1, 0.15) is 34.6 Å². The van der Waals surface area contributed by atoms with Crippen LogP contribution in [0.2, 0.25) is 0 Å². The number of nitrogens with zero attached hydrogens (tertiary/aromatic N) is 3. The zero-order chi connectivity index (χ0) is 12.4. The van der Waals surface area contributed by atoms with Crippen LogP contribution in [0.3, 0.4) is 0 Å². The van der Waals surface area contributed by atoms with Gasteiger partial charge >= 0.3 is 0 Å². The van der Waals surface area contributed by atoms with Gasteiger partial charge in [0.25, 0.3) is 0 Å². The largest absolute Gasteiger partial charge is 0.303 e. The van der Waals surface area contributed by atoms with Crippen molar-refractivity contribution in [3.05, 3.63) is 0 Å². The molecule has 0 atom stereocenters. The first-order valence-corrected chi connectivity index (χ1v) is 6.28. The van der Waals surface area contributed by atoms with Crippen LogP contribution in [0, 0.1) is 11.8 Å². The second kappa shape index (κ2) is 9.52. The lowest BCUT2D eigenvalue weighted by Gasteiger charge is -2.24. The van der Waals surface area contributed by atoms with Gasteiger partial charge in [0.1, 0.15) is 6.34 Å². The summed E-state index contributed by atoms with van der Waals surface area (Å²) in [6.07, 6.45) is 3.32. The highest BCUT2D eigenvalue weighted by atomic mass is 15.1. The molecule has 0 saturated heterocycles. The van der Waals surface area contributed by atoms with Gasteiger partial charge in [-0.1, -0.05) is 34.6 Å². The molecule has 16 heavy (non-hydrogen) atoms. The van der Waals surface area contributed by atoms with Crippen LogP contribution in [0.25, 0.3) is 0 Å². The molecule has 0 bridgehead atoms. The van der Waals surface area contributed by atoms with Gasteiger partial charge in [0, 0.05) is 19.3 Å². The molecule has 0 aliphatic carbocycles. The third-order valence-electron chi connectivity index (χ3n) is 2.13. The first-order chi connectivity index (χ1) is 7.56. The van der Waals surface area contributed by atoms with Crippen molar-refractivity contribution < 1.29 is 0 Å². The van der Waals surface area contributed by atoms with Crippen molar-refractivity contribution >= 4 is 12.6 Å². The van der Waals surface area contributed by atoms with Crippen molar-refractivity contribution in [3.8, 4) is 0 Å². The molecule has 0 aromatic carbocycles. The van der Waals surface area contributed by atoms with Gasteiger partial charge in [0.05, 0.1) is 6.54 Å². The highest BCUT2D eigenvalue weighted by Crippen LogP contribution is 2.02. The van der Waals surface area contributed by atoms with E-state index < -0.39 is 0 Å². The van der Waals surface area contributed by atoms with Crippen molar-refractivity contribution in [2.24, 2.45) is 21.8 Å². The average molecular weight is 225 g/mol. The summed E-state index contributed by atoms with van der Waals surface area (Å²) < 4.78 is 0. The quantitative estimate of drug-likeness (QED) is 0.707. The Morgan fingerprint density at radius 3 is 1.88 bits per heavy atom. The Bertz CT molecular complexity index is 187. The Kier molecular flexibility index (Phi) is 9.10. The minimum atomic E-state index is 0.778. The lowest BCUT2D eigenvalue weighted by Crippen LogP contribution is -2.30. The summed E-state index contributed by atoms with van der Waals surface area (Å²) in [6.45, 7) is 15.8. The van der Waals surface area contributed by atoms with E-state index in [9.17, 15) is 0 Å². The molecule has 0 N–H and O–H groups in total. The normalized spacial score (nSPS) is 13.8. The van der Waals surface area contributed by atoms with Gasteiger partial charge in [0.15, 0.2) is 0 Å². The number of hydrogen-bond donors (Lipinski definition) is 0. The van der Waals surface area contributed by atoms with Gasteiger partial charge in [0.2, 0.25) is 0 Å². The molecule has 1 aliphatic rings. The van der Waals surface area contributed by atoms with Crippen molar-refractivity contribution in [3.63, 3.8) is 0 Å². The number of hydrogen-bond acceptors (Lipinski definition) is 3. The molecule has 0 spiro atoms. The molecule has 0 amide bonds. The fourth-order valence-corrected chi connectivity index (χ4v) is 1.60. The van der Waals surface area contributed by atoms with E-state index in [1.807, 2.05) is 0 Å². The van der Waals surface area contributed by atoms with Crippen LogP contribution in [-0.2, 0) is 0 Å². The van der Waals surface area contributed by atoms with Crippen LogP contribution in [0.5, 0.6) is 0 Å². The molecule has 1 rings (SSSR count). The molecular formula is C13H27N3. The molecule has 0 unspecified atom stereocenters. The van der Waals surface area contributed by atoms with Gasteiger partial charge in [-0.15, -0.1) is 0 Å². The van der Waals surface area contributed by atoms with Crippen LogP contribution in [0.15, 0.2) is 9.98 Å². The van der Waals surface area contributed by atoms with Gasteiger partial charge in [-0.25, -0.2) is 4.99 Å². The zero-order valence-corrected chi connectivity index (χ0v) is 11.5. The number of aliphatic imine (C=N–C) groups is 2. The van der Waals surface area contributed by atoms with Crippen LogP contribution < -0.4 is 0 Å². The molecule has 94 valence electrons. The summed E-state index contributed by atoms with van der Waals surface area (Å²) in [5.74, 6) is 1.60. The molecule has 0 radical (unpaired) electrons. The summed E-state index contributed by atoms with van der Waals surface area (Å²) in [5.41, 5.74) is 0. The Labute approximate surface area is 101 Å². The molecule has 3 heteroatoms. The first kappa shape index (κ1) is 15.3. The zero-order valence-electron chi connectivity index (χ0n) is 11.5. The highest BCUT2D eigenvalue weighted by Gasteiger charge is 2.05. The molecule has 0 aromatic rings. The molecule has 1 aliphatic heterocycles.